The van der Waals surface area contributed by atoms with Crippen LogP contribution in [0.3, 0.4) is 0 Å². The first kappa shape index (κ1) is 11.0. The molecule has 5 nitrogen and oxygen atoms in total. The van der Waals surface area contributed by atoms with Gasteiger partial charge >= 0.3 is 11.9 Å². The summed E-state index contributed by atoms with van der Waals surface area (Å²) in [7, 11) is 0. The summed E-state index contributed by atoms with van der Waals surface area (Å²) in [5, 5.41) is 20.2. The minimum atomic E-state index is -0.955. The highest BCUT2D eigenvalue weighted by molar-refractivity contribution is 5.77. The van der Waals surface area contributed by atoms with Crippen LogP contribution in [-0.4, -0.2) is 34.2 Å². The van der Waals surface area contributed by atoms with Gasteiger partial charge in [-0.2, -0.15) is 0 Å². The lowest BCUT2D eigenvalue weighted by Crippen LogP contribution is -2.65. The van der Waals surface area contributed by atoms with Crippen LogP contribution in [0.1, 0.15) is 26.2 Å². The van der Waals surface area contributed by atoms with Crippen LogP contribution in [0.15, 0.2) is 0 Å². The Morgan fingerprint density at radius 1 is 1.36 bits per heavy atom. The van der Waals surface area contributed by atoms with Gasteiger partial charge in [-0.05, 0) is 6.42 Å². The van der Waals surface area contributed by atoms with Crippen molar-refractivity contribution in [2.45, 2.75) is 38.3 Å². The normalized spacial score (nSPS) is 30.8. The lowest BCUT2D eigenvalue weighted by Gasteiger charge is -2.43. The fourth-order valence-electron chi connectivity index (χ4n) is 1.92. The zero-order valence-corrected chi connectivity index (χ0v) is 8.06. The molecule has 3 N–H and O–H groups in total. The Hall–Kier alpha value is -1.10. The number of hydrogen-bond acceptors (Lipinski definition) is 3. The fourth-order valence-corrected chi connectivity index (χ4v) is 1.92. The molecule has 0 saturated carbocycles. The summed E-state index contributed by atoms with van der Waals surface area (Å²) in [6.45, 7) is 1.99. The van der Waals surface area contributed by atoms with E-state index < -0.39 is 18.0 Å². The predicted molar refractivity (Wildman–Crippen MR) is 49.0 cm³/mol. The SMILES string of the molecule is CCC[C@@H]1N[C@H](C(=O)O)[C@H]1CC(=O)O. The Morgan fingerprint density at radius 2 is 2.00 bits per heavy atom. The van der Waals surface area contributed by atoms with Crippen LogP contribution in [-0.2, 0) is 9.59 Å². The first-order chi connectivity index (χ1) is 6.56. The standard InChI is InChI=1S/C9H15NO4/c1-2-3-6-5(4-7(11)12)8(10-6)9(13)14/h5-6,8,10H,2-4H2,1H3,(H,11,12)(H,13,14)/t5-,6-,8-/m0/s1. The zero-order chi connectivity index (χ0) is 10.7. The van der Waals surface area contributed by atoms with E-state index in [4.69, 9.17) is 10.2 Å². The van der Waals surface area contributed by atoms with E-state index in [1.165, 1.54) is 0 Å². The Kier molecular flexibility index (Phi) is 3.46. The number of carbonyl (C=O) groups is 2. The second-order valence-corrected chi connectivity index (χ2v) is 3.64. The number of rotatable bonds is 5. The number of hydrogen-bond donors (Lipinski definition) is 3. The molecule has 0 unspecified atom stereocenters. The average molecular weight is 201 g/mol. The van der Waals surface area contributed by atoms with E-state index >= 15 is 0 Å². The molecule has 1 rings (SSSR count). The first-order valence-corrected chi connectivity index (χ1v) is 4.77. The summed E-state index contributed by atoms with van der Waals surface area (Å²) in [5.41, 5.74) is 0. The lowest BCUT2D eigenvalue weighted by atomic mass is 9.78. The maximum atomic E-state index is 10.7. The molecule has 0 aliphatic carbocycles. The van der Waals surface area contributed by atoms with Crippen molar-refractivity contribution < 1.29 is 19.8 Å². The second-order valence-electron chi connectivity index (χ2n) is 3.64. The van der Waals surface area contributed by atoms with E-state index in [9.17, 15) is 9.59 Å². The van der Waals surface area contributed by atoms with Crippen molar-refractivity contribution in [2.24, 2.45) is 5.92 Å². The van der Waals surface area contributed by atoms with Gasteiger partial charge in [-0.15, -0.1) is 0 Å². The van der Waals surface area contributed by atoms with Crippen molar-refractivity contribution in [3.63, 3.8) is 0 Å². The number of aliphatic carboxylic acids is 2. The van der Waals surface area contributed by atoms with Gasteiger partial charge in [-0.1, -0.05) is 13.3 Å². The van der Waals surface area contributed by atoms with Crippen LogP contribution in [0.2, 0.25) is 0 Å². The van der Waals surface area contributed by atoms with E-state index in [2.05, 4.69) is 5.32 Å². The van der Waals surface area contributed by atoms with Gasteiger partial charge in [-0.3, -0.25) is 9.59 Å². The van der Waals surface area contributed by atoms with Gasteiger partial charge in [0.1, 0.15) is 6.04 Å². The van der Waals surface area contributed by atoms with Crippen LogP contribution in [0, 0.1) is 5.92 Å². The lowest BCUT2D eigenvalue weighted by molar-refractivity contribution is -0.148. The largest absolute Gasteiger partial charge is 0.481 e. The maximum Gasteiger partial charge on any atom is 0.321 e. The molecule has 1 aliphatic rings. The summed E-state index contributed by atoms with van der Waals surface area (Å²) in [5.74, 6) is -2.14. The summed E-state index contributed by atoms with van der Waals surface area (Å²) in [6, 6.07) is -0.625. The molecule has 80 valence electrons. The molecule has 0 aromatic heterocycles. The number of carboxylic acids is 2. The third-order valence-corrected chi connectivity index (χ3v) is 2.61. The quantitative estimate of drug-likeness (QED) is 0.595. The molecule has 14 heavy (non-hydrogen) atoms. The maximum absolute atomic E-state index is 10.7. The topological polar surface area (TPSA) is 86.6 Å². The van der Waals surface area contributed by atoms with Crippen molar-refractivity contribution in [2.75, 3.05) is 0 Å². The molecule has 1 fully saturated rings. The van der Waals surface area contributed by atoms with Gasteiger partial charge in [0.15, 0.2) is 0 Å². The van der Waals surface area contributed by atoms with Crippen molar-refractivity contribution in [3.05, 3.63) is 0 Å². The van der Waals surface area contributed by atoms with Crippen molar-refractivity contribution in [1.82, 2.24) is 5.32 Å². The zero-order valence-electron chi connectivity index (χ0n) is 8.06. The average Bonchev–Trinajstić information content (AvgIpc) is 2.07. The van der Waals surface area contributed by atoms with Crippen LogP contribution >= 0.6 is 0 Å². The summed E-state index contributed by atoms with van der Waals surface area (Å²) in [6.07, 6.45) is 1.70. The molecule has 0 bridgehead atoms. The summed E-state index contributed by atoms with van der Waals surface area (Å²) in [4.78, 5) is 21.2. The monoisotopic (exact) mass is 201 g/mol. The van der Waals surface area contributed by atoms with Gasteiger partial charge in [0.25, 0.3) is 0 Å². The fraction of sp³-hybridized carbons (Fsp3) is 0.778. The minimum absolute atomic E-state index is 0.0530. The molecule has 3 atom stereocenters. The van der Waals surface area contributed by atoms with E-state index in [0.29, 0.717) is 0 Å². The molecular weight excluding hydrogens is 186 g/mol. The van der Waals surface area contributed by atoms with Gasteiger partial charge in [0.05, 0.1) is 6.42 Å². The van der Waals surface area contributed by atoms with Gasteiger partial charge in [-0.25, -0.2) is 0 Å². The molecule has 1 heterocycles. The van der Waals surface area contributed by atoms with Crippen molar-refractivity contribution in [3.8, 4) is 0 Å². The summed E-state index contributed by atoms with van der Waals surface area (Å²) >= 11 is 0. The number of carboxylic acid groups (broad SMARTS) is 2. The third-order valence-electron chi connectivity index (χ3n) is 2.61. The van der Waals surface area contributed by atoms with E-state index in [1.54, 1.807) is 0 Å². The molecule has 1 aliphatic heterocycles. The van der Waals surface area contributed by atoms with Gasteiger partial charge in [0, 0.05) is 12.0 Å². The summed E-state index contributed by atoms with van der Waals surface area (Å²) < 4.78 is 0. The smallest absolute Gasteiger partial charge is 0.321 e. The molecule has 0 radical (unpaired) electrons. The first-order valence-electron chi connectivity index (χ1n) is 4.77. The molecule has 0 aromatic rings. The Balaban J connectivity index is 2.52. The molecule has 0 amide bonds. The van der Waals surface area contributed by atoms with E-state index in [-0.39, 0.29) is 18.4 Å². The third kappa shape index (κ3) is 2.23. The Morgan fingerprint density at radius 3 is 2.43 bits per heavy atom. The molecule has 0 aromatic carbocycles. The van der Waals surface area contributed by atoms with Crippen LogP contribution < -0.4 is 5.32 Å². The van der Waals surface area contributed by atoms with E-state index in [0.717, 1.165) is 12.8 Å². The molecular formula is C9H15NO4. The van der Waals surface area contributed by atoms with E-state index in [1.807, 2.05) is 6.92 Å². The van der Waals surface area contributed by atoms with Crippen LogP contribution in [0.5, 0.6) is 0 Å². The molecule has 5 heteroatoms. The van der Waals surface area contributed by atoms with Crippen LogP contribution in [0.25, 0.3) is 0 Å². The minimum Gasteiger partial charge on any atom is -0.481 e. The molecule has 1 saturated heterocycles. The van der Waals surface area contributed by atoms with Crippen molar-refractivity contribution >= 4 is 11.9 Å². The van der Waals surface area contributed by atoms with Gasteiger partial charge < -0.3 is 15.5 Å². The highest BCUT2D eigenvalue weighted by atomic mass is 16.4. The number of nitrogens with one attached hydrogen (secondary N) is 1. The Labute approximate surface area is 82.1 Å². The Bertz CT molecular complexity index is 241. The van der Waals surface area contributed by atoms with Gasteiger partial charge in [0.2, 0.25) is 0 Å². The highest BCUT2D eigenvalue weighted by Crippen LogP contribution is 2.27. The second kappa shape index (κ2) is 4.41. The highest BCUT2D eigenvalue weighted by Gasteiger charge is 2.44. The van der Waals surface area contributed by atoms with Crippen LogP contribution in [0.4, 0.5) is 0 Å². The molecule has 0 spiro atoms. The predicted octanol–water partition coefficient (Wildman–Crippen LogP) is 0.302. The van der Waals surface area contributed by atoms with Crippen molar-refractivity contribution in [1.29, 1.82) is 0 Å².